The van der Waals surface area contributed by atoms with E-state index in [0.29, 0.717) is 24.9 Å². The lowest BCUT2D eigenvalue weighted by atomic mass is 10.3. The molecule has 6 nitrogen and oxygen atoms in total. The number of para-hydroxylation sites is 2. The molecule has 0 bridgehead atoms. The van der Waals surface area contributed by atoms with Crippen LogP contribution in [0.2, 0.25) is 0 Å². The van der Waals surface area contributed by atoms with Crippen LogP contribution in [0.25, 0.3) is 0 Å². The molecule has 0 aliphatic carbocycles. The minimum atomic E-state index is 0.557. The second-order valence-electron chi connectivity index (χ2n) is 5.45. The van der Waals surface area contributed by atoms with Crippen LogP contribution in [-0.4, -0.2) is 21.6 Å². The van der Waals surface area contributed by atoms with Crippen molar-refractivity contribution < 1.29 is 4.74 Å². The SMILES string of the molecule is CCOc1ccccc1Nc1cc(C)nc(NCc2ccccn2)n1. The third-order valence-corrected chi connectivity index (χ3v) is 3.46. The number of rotatable bonds is 7. The van der Waals surface area contributed by atoms with Gasteiger partial charge in [0.15, 0.2) is 0 Å². The zero-order valence-corrected chi connectivity index (χ0v) is 14.4. The van der Waals surface area contributed by atoms with E-state index in [-0.39, 0.29) is 0 Å². The molecule has 0 aliphatic heterocycles. The minimum Gasteiger partial charge on any atom is -0.492 e. The summed E-state index contributed by atoms with van der Waals surface area (Å²) in [4.78, 5) is 13.2. The smallest absolute Gasteiger partial charge is 0.225 e. The molecule has 0 unspecified atom stereocenters. The Morgan fingerprint density at radius 2 is 1.88 bits per heavy atom. The summed E-state index contributed by atoms with van der Waals surface area (Å²) in [6.45, 7) is 5.08. The highest BCUT2D eigenvalue weighted by Crippen LogP contribution is 2.27. The van der Waals surface area contributed by atoms with Crippen molar-refractivity contribution in [3.63, 3.8) is 0 Å². The van der Waals surface area contributed by atoms with Crippen molar-refractivity contribution in [2.24, 2.45) is 0 Å². The molecule has 3 aromatic rings. The Morgan fingerprint density at radius 1 is 1.04 bits per heavy atom. The third kappa shape index (κ3) is 4.67. The van der Waals surface area contributed by atoms with Gasteiger partial charge in [0.05, 0.1) is 24.5 Å². The van der Waals surface area contributed by atoms with Gasteiger partial charge in [-0.3, -0.25) is 4.98 Å². The Balaban J connectivity index is 1.75. The summed E-state index contributed by atoms with van der Waals surface area (Å²) >= 11 is 0. The molecule has 0 saturated heterocycles. The van der Waals surface area contributed by atoms with Gasteiger partial charge in [-0.2, -0.15) is 4.98 Å². The average molecular weight is 335 g/mol. The van der Waals surface area contributed by atoms with E-state index in [1.54, 1.807) is 6.20 Å². The van der Waals surface area contributed by atoms with Crippen LogP contribution in [0.1, 0.15) is 18.3 Å². The predicted molar refractivity (Wildman–Crippen MR) is 99.2 cm³/mol. The molecule has 0 radical (unpaired) electrons. The third-order valence-electron chi connectivity index (χ3n) is 3.46. The standard InChI is InChI=1S/C19H21N5O/c1-3-25-17-10-5-4-9-16(17)23-18-12-14(2)22-19(24-18)21-13-15-8-6-7-11-20-15/h4-12H,3,13H2,1-2H3,(H2,21,22,23,24). The van der Waals surface area contributed by atoms with Crippen LogP contribution < -0.4 is 15.4 Å². The van der Waals surface area contributed by atoms with Crippen LogP contribution >= 0.6 is 0 Å². The van der Waals surface area contributed by atoms with Crippen molar-refractivity contribution >= 4 is 17.5 Å². The highest BCUT2D eigenvalue weighted by molar-refractivity contribution is 5.64. The van der Waals surface area contributed by atoms with Crippen LogP contribution in [0.3, 0.4) is 0 Å². The zero-order valence-electron chi connectivity index (χ0n) is 14.4. The first kappa shape index (κ1) is 16.7. The lowest BCUT2D eigenvalue weighted by molar-refractivity contribution is 0.342. The Labute approximate surface area is 147 Å². The Kier molecular flexibility index (Phi) is 5.41. The van der Waals surface area contributed by atoms with E-state index in [4.69, 9.17) is 4.74 Å². The minimum absolute atomic E-state index is 0.557. The summed E-state index contributed by atoms with van der Waals surface area (Å²) in [7, 11) is 0. The molecule has 0 amide bonds. The predicted octanol–water partition coefficient (Wildman–Crippen LogP) is 3.93. The van der Waals surface area contributed by atoms with E-state index in [2.05, 4.69) is 25.6 Å². The highest BCUT2D eigenvalue weighted by Gasteiger charge is 2.07. The fraction of sp³-hybridized carbons (Fsp3) is 0.211. The van der Waals surface area contributed by atoms with Gasteiger partial charge in [0.25, 0.3) is 0 Å². The van der Waals surface area contributed by atoms with Crippen molar-refractivity contribution in [1.29, 1.82) is 0 Å². The fourth-order valence-electron chi connectivity index (χ4n) is 2.37. The Morgan fingerprint density at radius 3 is 2.68 bits per heavy atom. The van der Waals surface area contributed by atoms with Crippen LogP contribution in [0, 0.1) is 6.92 Å². The molecule has 2 aromatic heterocycles. The number of hydrogen-bond donors (Lipinski definition) is 2. The van der Waals surface area contributed by atoms with Crippen molar-refractivity contribution in [2.75, 3.05) is 17.2 Å². The monoisotopic (exact) mass is 335 g/mol. The molecule has 128 valence electrons. The fourth-order valence-corrected chi connectivity index (χ4v) is 2.37. The number of aromatic nitrogens is 3. The molecule has 0 saturated carbocycles. The first-order valence-electron chi connectivity index (χ1n) is 8.23. The normalized spacial score (nSPS) is 10.3. The number of pyridine rings is 1. The lowest BCUT2D eigenvalue weighted by Gasteiger charge is -2.13. The molecule has 0 fully saturated rings. The number of nitrogens with zero attached hydrogens (tertiary/aromatic N) is 3. The van der Waals surface area contributed by atoms with Crippen LogP contribution in [0.4, 0.5) is 17.5 Å². The van der Waals surface area contributed by atoms with Gasteiger partial charge >= 0.3 is 0 Å². The average Bonchev–Trinajstić information content (AvgIpc) is 2.62. The zero-order chi connectivity index (χ0) is 17.5. The van der Waals surface area contributed by atoms with Crippen LogP contribution in [-0.2, 0) is 6.54 Å². The Hall–Kier alpha value is -3.15. The maximum atomic E-state index is 5.65. The van der Waals surface area contributed by atoms with Gasteiger partial charge in [-0.05, 0) is 38.1 Å². The maximum Gasteiger partial charge on any atom is 0.225 e. The summed E-state index contributed by atoms with van der Waals surface area (Å²) in [5.74, 6) is 2.06. The Bertz CT molecular complexity index is 823. The van der Waals surface area contributed by atoms with Gasteiger partial charge in [-0.1, -0.05) is 18.2 Å². The molecule has 25 heavy (non-hydrogen) atoms. The summed E-state index contributed by atoms with van der Waals surface area (Å²) in [5.41, 5.74) is 2.68. The molecule has 3 rings (SSSR count). The van der Waals surface area contributed by atoms with Crippen LogP contribution in [0.5, 0.6) is 5.75 Å². The number of ether oxygens (including phenoxy) is 1. The van der Waals surface area contributed by atoms with Gasteiger partial charge in [0, 0.05) is 18.0 Å². The van der Waals surface area contributed by atoms with E-state index < -0.39 is 0 Å². The number of benzene rings is 1. The van der Waals surface area contributed by atoms with Gasteiger partial charge in [0.2, 0.25) is 5.95 Å². The number of nitrogens with one attached hydrogen (secondary N) is 2. The van der Waals surface area contributed by atoms with E-state index in [9.17, 15) is 0 Å². The summed E-state index contributed by atoms with van der Waals surface area (Å²) in [6, 6.07) is 15.5. The van der Waals surface area contributed by atoms with Gasteiger partial charge < -0.3 is 15.4 Å². The first-order valence-corrected chi connectivity index (χ1v) is 8.23. The number of hydrogen-bond acceptors (Lipinski definition) is 6. The van der Waals surface area contributed by atoms with E-state index in [1.807, 2.05) is 62.4 Å². The molecule has 6 heteroatoms. The van der Waals surface area contributed by atoms with E-state index in [1.165, 1.54) is 0 Å². The topological polar surface area (TPSA) is 72.0 Å². The van der Waals surface area contributed by atoms with E-state index in [0.717, 1.165) is 22.8 Å². The first-order chi connectivity index (χ1) is 12.2. The van der Waals surface area contributed by atoms with Crippen molar-refractivity contribution in [2.45, 2.75) is 20.4 Å². The number of aryl methyl sites for hydroxylation is 1. The van der Waals surface area contributed by atoms with Crippen molar-refractivity contribution in [3.05, 3.63) is 66.1 Å². The number of anilines is 3. The largest absolute Gasteiger partial charge is 0.492 e. The summed E-state index contributed by atoms with van der Waals surface area (Å²) < 4.78 is 5.65. The van der Waals surface area contributed by atoms with Crippen molar-refractivity contribution in [1.82, 2.24) is 15.0 Å². The van der Waals surface area contributed by atoms with Gasteiger partial charge in [-0.25, -0.2) is 4.98 Å². The summed E-state index contributed by atoms with van der Waals surface area (Å²) in [5, 5.41) is 6.52. The van der Waals surface area contributed by atoms with Gasteiger partial charge in [-0.15, -0.1) is 0 Å². The maximum absolute atomic E-state index is 5.65. The molecular weight excluding hydrogens is 314 g/mol. The molecule has 0 aliphatic rings. The molecule has 1 aromatic carbocycles. The second-order valence-corrected chi connectivity index (χ2v) is 5.45. The second kappa shape index (κ2) is 8.10. The molecule has 0 spiro atoms. The molecule has 0 atom stereocenters. The quantitative estimate of drug-likeness (QED) is 0.681. The highest BCUT2D eigenvalue weighted by atomic mass is 16.5. The lowest BCUT2D eigenvalue weighted by Crippen LogP contribution is -2.07. The molecular formula is C19H21N5O. The van der Waals surface area contributed by atoms with Crippen LogP contribution in [0.15, 0.2) is 54.7 Å². The summed E-state index contributed by atoms with van der Waals surface area (Å²) in [6.07, 6.45) is 1.77. The van der Waals surface area contributed by atoms with Gasteiger partial charge in [0.1, 0.15) is 11.6 Å². The molecule has 2 heterocycles. The molecule has 2 N–H and O–H groups in total. The van der Waals surface area contributed by atoms with Crippen molar-refractivity contribution in [3.8, 4) is 5.75 Å². The van der Waals surface area contributed by atoms with E-state index >= 15 is 0 Å².